The Labute approximate surface area is 173 Å². The molecule has 0 fully saturated rings. The summed E-state index contributed by atoms with van der Waals surface area (Å²) in [5, 5.41) is 20.5. The molecule has 0 unspecified atom stereocenters. The fraction of sp³-hybridized carbons (Fsp3) is 0.389. The van der Waals surface area contributed by atoms with Crippen LogP contribution in [-0.2, 0) is 20.9 Å². The number of nitrogens with one attached hydrogen (secondary N) is 1. The molecular weight excluding hydrogens is 433 g/mol. The summed E-state index contributed by atoms with van der Waals surface area (Å²) >= 11 is 5.84. The van der Waals surface area contributed by atoms with E-state index in [9.17, 15) is 32.7 Å². The monoisotopic (exact) mass is 450 g/mol. The first kappa shape index (κ1) is 23.3. The first-order valence-electron chi connectivity index (χ1n) is 8.49. The summed E-state index contributed by atoms with van der Waals surface area (Å²) in [6.45, 7) is 2.36. The summed E-state index contributed by atoms with van der Waals surface area (Å²) in [4.78, 5) is 36.9. The lowest BCUT2D eigenvalue weighted by Crippen LogP contribution is -2.53. The van der Waals surface area contributed by atoms with Gasteiger partial charge < -0.3 is 25.2 Å². The van der Waals surface area contributed by atoms with Gasteiger partial charge in [-0.15, -0.1) is 13.2 Å². The van der Waals surface area contributed by atoms with Crippen molar-refractivity contribution in [2.45, 2.75) is 38.7 Å². The average Bonchev–Trinajstić information content (AvgIpc) is 2.57. The first-order chi connectivity index (χ1) is 13.7. The third-order valence-electron chi connectivity index (χ3n) is 4.27. The number of halogens is 4. The molecule has 0 atom stereocenters. The van der Waals surface area contributed by atoms with Crippen molar-refractivity contribution in [1.29, 1.82) is 0 Å². The number of alkyl halides is 3. The Bertz CT molecular complexity index is 914. The topological polar surface area (TPSA) is 116 Å². The van der Waals surface area contributed by atoms with Crippen molar-refractivity contribution in [3.8, 4) is 5.75 Å². The Balaban J connectivity index is 2.28. The third kappa shape index (κ3) is 5.56. The van der Waals surface area contributed by atoms with Crippen LogP contribution in [0, 0.1) is 0 Å². The number of carboxylic acid groups (broad SMARTS) is 1. The van der Waals surface area contributed by atoms with Crippen LogP contribution < -0.4 is 10.1 Å². The molecule has 1 aliphatic heterocycles. The van der Waals surface area contributed by atoms with Crippen LogP contribution in [0.1, 0.15) is 25.8 Å². The summed E-state index contributed by atoms with van der Waals surface area (Å²) < 4.78 is 40.9. The van der Waals surface area contributed by atoms with Crippen LogP contribution in [0.5, 0.6) is 5.75 Å². The lowest BCUT2D eigenvalue weighted by Gasteiger charge is -2.42. The maximum absolute atomic E-state index is 12.9. The van der Waals surface area contributed by atoms with Gasteiger partial charge in [-0.3, -0.25) is 14.4 Å². The van der Waals surface area contributed by atoms with E-state index in [1.165, 1.54) is 17.0 Å². The molecule has 0 spiro atoms. The van der Waals surface area contributed by atoms with Gasteiger partial charge >= 0.3 is 12.3 Å². The number of aliphatic carboxylic acids is 1. The van der Waals surface area contributed by atoms with Crippen molar-refractivity contribution in [1.82, 2.24) is 10.2 Å². The van der Waals surface area contributed by atoms with E-state index in [1.807, 2.05) is 5.32 Å². The van der Waals surface area contributed by atoms with Gasteiger partial charge in [0, 0.05) is 18.5 Å². The molecule has 0 saturated carbocycles. The van der Waals surface area contributed by atoms with Crippen molar-refractivity contribution >= 4 is 29.4 Å². The molecule has 0 aromatic heterocycles. The van der Waals surface area contributed by atoms with Gasteiger partial charge in [-0.05, 0) is 31.5 Å². The van der Waals surface area contributed by atoms with E-state index in [0.717, 1.165) is 6.07 Å². The number of hydrogen-bond donors (Lipinski definition) is 3. The highest BCUT2D eigenvalue weighted by Crippen LogP contribution is 2.35. The lowest BCUT2D eigenvalue weighted by molar-refractivity contribution is -0.274. The second kappa shape index (κ2) is 8.42. The molecule has 0 bridgehead atoms. The third-order valence-corrected chi connectivity index (χ3v) is 4.56. The molecule has 1 aromatic rings. The smallest absolute Gasteiger partial charge is 0.511 e. The Kier molecular flexibility index (Phi) is 6.55. The zero-order valence-corrected chi connectivity index (χ0v) is 16.6. The number of carbonyl (C=O) groups excluding carboxylic acids is 2. The van der Waals surface area contributed by atoms with E-state index in [4.69, 9.17) is 16.7 Å². The number of hydrogen-bond acceptors (Lipinski definition) is 5. The molecule has 1 aromatic carbocycles. The summed E-state index contributed by atoms with van der Waals surface area (Å²) in [6.07, 6.45) is -5.02. The minimum Gasteiger partial charge on any atom is -0.511 e. The summed E-state index contributed by atoms with van der Waals surface area (Å²) in [5.41, 5.74) is -1.20. The zero-order chi connectivity index (χ0) is 22.9. The molecular formula is C18H18ClF3N2O6. The molecule has 1 heterocycles. The SMILES string of the molecule is CC1(C)CC(O)=C(C(=O)NCC(=O)O)C(=O)N1Cc1ccc(OC(F)(F)F)c(Cl)c1. The quantitative estimate of drug-likeness (QED) is 0.574. The van der Waals surface area contributed by atoms with E-state index >= 15 is 0 Å². The Morgan fingerprint density at radius 3 is 2.50 bits per heavy atom. The number of carboxylic acids is 1. The van der Waals surface area contributed by atoms with Gasteiger partial charge in [-0.1, -0.05) is 17.7 Å². The van der Waals surface area contributed by atoms with Crippen LogP contribution >= 0.6 is 11.6 Å². The summed E-state index contributed by atoms with van der Waals surface area (Å²) in [5.74, 6) is -4.34. The molecule has 30 heavy (non-hydrogen) atoms. The fourth-order valence-corrected chi connectivity index (χ4v) is 3.16. The average molecular weight is 451 g/mol. The fourth-order valence-electron chi connectivity index (χ4n) is 2.92. The second-order valence-corrected chi connectivity index (χ2v) is 7.50. The minimum atomic E-state index is -4.92. The van der Waals surface area contributed by atoms with Crippen molar-refractivity contribution in [2.24, 2.45) is 0 Å². The molecule has 2 amide bonds. The van der Waals surface area contributed by atoms with Crippen LogP contribution in [-0.4, -0.2) is 51.3 Å². The number of benzene rings is 1. The van der Waals surface area contributed by atoms with E-state index in [-0.39, 0.29) is 18.0 Å². The highest BCUT2D eigenvalue weighted by molar-refractivity contribution is 6.32. The Morgan fingerprint density at radius 2 is 1.97 bits per heavy atom. The Morgan fingerprint density at radius 1 is 1.33 bits per heavy atom. The number of carbonyl (C=O) groups is 3. The van der Waals surface area contributed by atoms with Gasteiger partial charge in [0.2, 0.25) is 0 Å². The van der Waals surface area contributed by atoms with Gasteiger partial charge in [-0.25, -0.2) is 0 Å². The van der Waals surface area contributed by atoms with Gasteiger partial charge in [0.1, 0.15) is 23.6 Å². The van der Waals surface area contributed by atoms with Crippen LogP contribution in [0.4, 0.5) is 13.2 Å². The molecule has 0 saturated heterocycles. The summed E-state index contributed by atoms with van der Waals surface area (Å²) in [6, 6.07) is 3.47. The van der Waals surface area contributed by atoms with E-state index < -0.39 is 53.3 Å². The largest absolute Gasteiger partial charge is 0.573 e. The molecule has 1 aliphatic rings. The van der Waals surface area contributed by atoms with Crippen molar-refractivity contribution in [3.05, 3.63) is 40.1 Å². The first-order valence-corrected chi connectivity index (χ1v) is 8.87. The van der Waals surface area contributed by atoms with Gasteiger partial charge in [0.15, 0.2) is 0 Å². The number of aliphatic hydroxyl groups is 1. The van der Waals surface area contributed by atoms with Crippen LogP contribution in [0.2, 0.25) is 5.02 Å². The number of rotatable bonds is 6. The maximum Gasteiger partial charge on any atom is 0.573 e. The molecule has 12 heteroatoms. The lowest BCUT2D eigenvalue weighted by atomic mass is 9.88. The number of nitrogens with zero attached hydrogens (tertiary/aromatic N) is 1. The predicted octanol–water partition coefficient (Wildman–Crippen LogP) is 2.76. The van der Waals surface area contributed by atoms with Crippen molar-refractivity contribution < 1.29 is 42.5 Å². The van der Waals surface area contributed by atoms with Crippen molar-refractivity contribution in [2.75, 3.05) is 6.54 Å². The minimum absolute atomic E-state index is 0.0996. The molecule has 8 nitrogen and oxygen atoms in total. The zero-order valence-electron chi connectivity index (χ0n) is 15.8. The molecule has 3 N–H and O–H groups in total. The molecule has 2 rings (SSSR count). The van der Waals surface area contributed by atoms with E-state index in [2.05, 4.69) is 4.74 Å². The highest BCUT2D eigenvalue weighted by Gasteiger charge is 2.42. The van der Waals surface area contributed by atoms with Crippen LogP contribution in [0.3, 0.4) is 0 Å². The number of aliphatic hydroxyl groups excluding tert-OH is 1. The number of ether oxygens (including phenoxy) is 1. The summed E-state index contributed by atoms with van der Waals surface area (Å²) in [7, 11) is 0. The normalized spacial score (nSPS) is 16.5. The molecule has 0 aliphatic carbocycles. The van der Waals surface area contributed by atoms with Crippen LogP contribution in [0.15, 0.2) is 29.5 Å². The van der Waals surface area contributed by atoms with E-state index in [1.54, 1.807) is 13.8 Å². The van der Waals surface area contributed by atoms with Crippen LogP contribution in [0.25, 0.3) is 0 Å². The number of amides is 2. The standard InChI is InChI=1S/C18H18ClF3N2O6/c1-17(2)6-11(25)14(15(28)23-7-13(26)27)16(29)24(17)8-9-3-4-12(10(19)5-9)30-18(20,21)22/h3-5,25H,6-8H2,1-2H3,(H,23,28)(H,26,27). The predicted molar refractivity (Wildman–Crippen MR) is 97.7 cm³/mol. The highest BCUT2D eigenvalue weighted by atomic mass is 35.5. The van der Waals surface area contributed by atoms with E-state index in [0.29, 0.717) is 5.56 Å². The van der Waals surface area contributed by atoms with Gasteiger partial charge in [-0.2, -0.15) is 0 Å². The molecule has 164 valence electrons. The maximum atomic E-state index is 12.9. The van der Waals surface area contributed by atoms with Crippen molar-refractivity contribution in [3.63, 3.8) is 0 Å². The Hall–Kier alpha value is -2.95. The van der Waals surface area contributed by atoms with Gasteiger partial charge in [0.25, 0.3) is 11.8 Å². The second-order valence-electron chi connectivity index (χ2n) is 7.09. The molecule has 0 radical (unpaired) electrons. The van der Waals surface area contributed by atoms with Gasteiger partial charge in [0.05, 0.1) is 5.02 Å².